The van der Waals surface area contributed by atoms with Gasteiger partial charge in [-0.2, -0.15) is 0 Å². The van der Waals surface area contributed by atoms with E-state index < -0.39 is 17.4 Å². The molecule has 1 rings (SSSR count). The number of benzene rings is 1. The predicted molar refractivity (Wildman–Crippen MR) is 66.0 cm³/mol. The minimum Gasteiger partial charge on any atom is -0.508 e. The van der Waals surface area contributed by atoms with Gasteiger partial charge in [0.15, 0.2) is 0 Å². The molecule has 0 saturated heterocycles. The first kappa shape index (κ1) is 14.0. The Hall–Kier alpha value is -2.08. The van der Waals surface area contributed by atoms with Crippen LogP contribution in [0.2, 0.25) is 0 Å². The molecule has 0 aliphatic heterocycles. The highest BCUT2D eigenvalue weighted by atomic mass is 16.3. The molecule has 6 heteroatoms. The number of carbonyl (C=O) groups is 2. The van der Waals surface area contributed by atoms with Gasteiger partial charge in [0, 0.05) is 11.8 Å². The molecular weight excluding hydrogens is 236 g/mol. The lowest BCUT2D eigenvalue weighted by molar-refractivity contribution is -0.137. The van der Waals surface area contributed by atoms with E-state index in [0.29, 0.717) is 5.69 Å². The molecule has 6 nitrogen and oxygen atoms in total. The molecular formula is C12H16N2O4. The molecule has 0 heterocycles. The van der Waals surface area contributed by atoms with Gasteiger partial charge in [0.05, 0.1) is 12.1 Å². The van der Waals surface area contributed by atoms with E-state index in [1.165, 1.54) is 12.1 Å². The summed E-state index contributed by atoms with van der Waals surface area (Å²) in [5.74, 6) is -1.72. The van der Waals surface area contributed by atoms with Gasteiger partial charge in [-0.3, -0.25) is 9.59 Å². The van der Waals surface area contributed by atoms with Gasteiger partial charge in [-0.05, 0) is 26.0 Å². The monoisotopic (exact) mass is 252 g/mol. The van der Waals surface area contributed by atoms with Crippen molar-refractivity contribution in [3.63, 3.8) is 0 Å². The van der Waals surface area contributed by atoms with Crippen molar-refractivity contribution < 1.29 is 19.8 Å². The van der Waals surface area contributed by atoms with Crippen LogP contribution >= 0.6 is 0 Å². The van der Waals surface area contributed by atoms with E-state index in [2.05, 4.69) is 10.6 Å². The maximum atomic E-state index is 11.5. The molecule has 0 aromatic heterocycles. The molecule has 98 valence electrons. The maximum Gasteiger partial charge on any atom is 0.313 e. The highest BCUT2D eigenvalue weighted by Gasteiger charge is 2.23. The third-order valence-electron chi connectivity index (χ3n) is 2.16. The molecule has 0 radical (unpaired) electrons. The molecule has 4 N–H and O–H groups in total. The highest BCUT2D eigenvalue weighted by molar-refractivity contribution is 6.39. The quantitative estimate of drug-likeness (QED) is 0.578. The minimum absolute atomic E-state index is 0.0103. The predicted octanol–water partition coefficient (Wildman–Crippen LogP) is 0.218. The first-order valence-corrected chi connectivity index (χ1v) is 5.37. The average Bonchev–Trinajstić information content (AvgIpc) is 2.28. The maximum absolute atomic E-state index is 11.5. The van der Waals surface area contributed by atoms with Crippen LogP contribution in [0, 0.1) is 0 Å². The summed E-state index contributed by atoms with van der Waals surface area (Å²) in [5.41, 5.74) is -0.551. The van der Waals surface area contributed by atoms with Crippen molar-refractivity contribution in [1.82, 2.24) is 5.32 Å². The smallest absolute Gasteiger partial charge is 0.313 e. The van der Waals surface area contributed by atoms with Crippen LogP contribution in [-0.4, -0.2) is 34.2 Å². The third kappa shape index (κ3) is 4.06. The SMILES string of the molecule is CC(C)(CO)NC(=O)C(=O)Nc1cccc(O)c1. The Balaban J connectivity index is 2.63. The van der Waals surface area contributed by atoms with E-state index in [1.54, 1.807) is 26.0 Å². The zero-order valence-corrected chi connectivity index (χ0v) is 10.2. The fourth-order valence-electron chi connectivity index (χ4n) is 1.18. The minimum atomic E-state index is -0.868. The Labute approximate surface area is 105 Å². The number of hydrogen-bond donors (Lipinski definition) is 4. The molecule has 1 aromatic carbocycles. The van der Waals surface area contributed by atoms with Gasteiger partial charge < -0.3 is 20.8 Å². The van der Waals surface area contributed by atoms with Crippen LogP contribution in [0.1, 0.15) is 13.8 Å². The number of aromatic hydroxyl groups is 1. The molecule has 18 heavy (non-hydrogen) atoms. The van der Waals surface area contributed by atoms with Gasteiger partial charge in [0.25, 0.3) is 0 Å². The summed E-state index contributed by atoms with van der Waals surface area (Å²) in [5, 5.41) is 22.9. The fourth-order valence-corrected chi connectivity index (χ4v) is 1.18. The van der Waals surface area contributed by atoms with Crippen molar-refractivity contribution in [3.05, 3.63) is 24.3 Å². The van der Waals surface area contributed by atoms with Crippen LogP contribution in [-0.2, 0) is 9.59 Å². The molecule has 0 unspecified atom stereocenters. The van der Waals surface area contributed by atoms with E-state index in [1.807, 2.05) is 0 Å². The topological polar surface area (TPSA) is 98.7 Å². The van der Waals surface area contributed by atoms with E-state index >= 15 is 0 Å². The second-order valence-corrected chi connectivity index (χ2v) is 4.50. The second-order valence-electron chi connectivity index (χ2n) is 4.50. The number of nitrogens with one attached hydrogen (secondary N) is 2. The average molecular weight is 252 g/mol. The Kier molecular flexibility index (Phi) is 4.28. The Morgan fingerprint density at radius 3 is 2.50 bits per heavy atom. The number of hydrogen-bond acceptors (Lipinski definition) is 4. The second kappa shape index (κ2) is 5.50. The highest BCUT2D eigenvalue weighted by Crippen LogP contribution is 2.15. The van der Waals surface area contributed by atoms with Gasteiger partial charge in [-0.15, -0.1) is 0 Å². The number of amides is 2. The fraction of sp³-hybridized carbons (Fsp3) is 0.333. The molecule has 0 spiro atoms. The standard InChI is InChI=1S/C12H16N2O4/c1-12(2,7-15)14-11(18)10(17)13-8-4-3-5-9(16)6-8/h3-6,15-16H,7H2,1-2H3,(H,13,17)(H,14,18). The number of anilines is 1. The number of rotatable bonds is 3. The van der Waals surface area contributed by atoms with Crippen LogP contribution in [0.15, 0.2) is 24.3 Å². The Morgan fingerprint density at radius 1 is 1.28 bits per heavy atom. The third-order valence-corrected chi connectivity index (χ3v) is 2.16. The summed E-state index contributed by atoms with van der Waals surface area (Å²) < 4.78 is 0. The molecule has 0 aliphatic carbocycles. The number of aliphatic hydroxyl groups is 1. The summed E-state index contributed by atoms with van der Waals surface area (Å²) >= 11 is 0. The first-order chi connectivity index (χ1) is 8.34. The van der Waals surface area contributed by atoms with Crippen molar-refractivity contribution in [2.24, 2.45) is 0 Å². The van der Waals surface area contributed by atoms with Crippen LogP contribution < -0.4 is 10.6 Å². The normalized spacial score (nSPS) is 10.8. The number of phenols is 1. The van der Waals surface area contributed by atoms with Gasteiger partial charge in [0.2, 0.25) is 0 Å². The summed E-state index contributed by atoms with van der Waals surface area (Å²) in [7, 11) is 0. The number of carbonyl (C=O) groups excluding carboxylic acids is 2. The van der Waals surface area contributed by atoms with Crippen molar-refractivity contribution in [1.29, 1.82) is 0 Å². The van der Waals surface area contributed by atoms with Crippen molar-refractivity contribution in [2.75, 3.05) is 11.9 Å². The van der Waals surface area contributed by atoms with Gasteiger partial charge >= 0.3 is 11.8 Å². The van der Waals surface area contributed by atoms with Crippen LogP contribution in [0.3, 0.4) is 0 Å². The molecule has 2 amide bonds. The Bertz CT molecular complexity index is 457. The largest absolute Gasteiger partial charge is 0.508 e. The lowest BCUT2D eigenvalue weighted by atomic mass is 10.1. The van der Waals surface area contributed by atoms with Gasteiger partial charge in [0.1, 0.15) is 5.75 Å². The molecule has 0 fully saturated rings. The van der Waals surface area contributed by atoms with Gasteiger partial charge in [-0.25, -0.2) is 0 Å². The summed E-state index contributed by atoms with van der Waals surface area (Å²) in [6, 6.07) is 5.86. The molecule has 0 atom stereocenters. The lowest BCUT2D eigenvalue weighted by Crippen LogP contribution is -2.50. The molecule has 0 aliphatic rings. The van der Waals surface area contributed by atoms with Crippen molar-refractivity contribution in [3.8, 4) is 5.75 Å². The van der Waals surface area contributed by atoms with Crippen LogP contribution in [0.25, 0.3) is 0 Å². The molecule has 1 aromatic rings. The number of aliphatic hydroxyl groups excluding tert-OH is 1. The van der Waals surface area contributed by atoms with E-state index in [0.717, 1.165) is 0 Å². The molecule has 0 bridgehead atoms. The lowest BCUT2D eigenvalue weighted by Gasteiger charge is -2.22. The zero-order valence-electron chi connectivity index (χ0n) is 10.2. The Morgan fingerprint density at radius 2 is 1.94 bits per heavy atom. The van der Waals surface area contributed by atoms with E-state index in [4.69, 9.17) is 5.11 Å². The first-order valence-electron chi connectivity index (χ1n) is 5.37. The molecule has 0 saturated carbocycles. The van der Waals surface area contributed by atoms with Gasteiger partial charge in [-0.1, -0.05) is 6.07 Å². The number of phenolic OH excluding ortho intramolecular Hbond substituents is 1. The summed E-state index contributed by atoms with van der Waals surface area (Å²) in [6.07, 6.45) is 0. The van der Waals surface area contributed by atoms with Crippen LogP contribution in [0.5, 0.6) is 5.75 Å². The zero-order chi connectivity index (χ0) is 13.8. The van der Waals surface area contributed by atoms with E-state index in [-0.39, 0.29) is 12.4 Å². The summed E-state index contributed by atoms with van der Waals surface area (Å²) in [4.78, 5) is 23.0. The van der Waals surface area contributed by atoms with Crippen LogP contribution in [0.4, 0.5) is 5.69 Å². The summed E-state index contributed by atoms with van der Waals surface area (Å²) in [6.45, 7) is 2.90. The van der Waals surface area contributed by atoms with Crippen molar-refractivity contribution >= 4 is 17.5 Å². The van der Waals surface area contributed by atoms with Crippen molar-refractivity contribution in [2.45, 2.75) is 19.4 Å². The van der Waals surface area contributed by atoms with E-state index in [9.17, 15) is 14.7 Å².